The average molecular weight is 554 g/mol. The van der Waals surface area contributed by atoms with Gasteiger partial charge in [0.15, 0.2) is 5.60 Å². The maximum absolute atomic E-state index is 14.0. The van der Waals surface area contributed by atoms with E-state index in [1.165, 1.54) is 4.90 Å². The second-order valence-corrected chi connectivity index (χ2v) is 10.5. The maximum atomic E-state index is 14.0. The van der Waals surface area contributed by atoms with Crippen molar-refractivity contribution < 1.29 is 24.6 Å². The van der Waals surface area contributed by atoms with E-state index < -0.39 is 17.4 Å². The number of aliphatic hydroxyl groups is 2. The number of rotatable bonds is 10. The number of para-hydroxylation sites is 1. The van der Waals surface area contributed by atoms with Gasteiger partial charge in [0, 0.05) is 55.3 Å². The molecule has 2 aliphatic rings. The van der Waals surface area contributed by atoms with Crippen LogP contribution in [0.3, 0.4) is 0 Å². The van der Waals surface area contributed by atoms with Gasteiger partial charge in [-0.15, -0.1) is 0 Å². The topological polar surface area (TPSA) is 101 Å². The van der Waals surface area contributed by atoms with E-state index >= 15 is 0 Å². The van der Waals surface area contributed by atoms with Gasteiger partial charge in [0.25, 0.3) is 5.91 Å². The third-order valence-corrected chi connectivity index (χ3v) is 7.88. The Labute approximate surface area is 240 Å². The van der Waals surface area contributed by atoms with E-state index in [0.29, 0.717) is 42.1 Å². The van der Waals surface area contributed by atoms with Crippen molar-refractivity contribution in [1.29, 1.82) is 0 Å². The van der Waals surface area contributed by atoms with Gasteiger partial charge in [0.05, 0.1) is 12.3 Å². The number of aliphatic hydroxyl groups excluding tert-OH is 1. The number of hydrogen-bond donors (Lipinski definition) is 2. The molecule has 3 aromatic rings. The number of anilines is 3. The van der Waals surface area contributed by atoms with Gasteiger partial charge >= 0.3 is 0 Å². The normalized spacial score (nSPS) is 19.2. The standard InChI is InChI=1S/C33H35N3O5/c1-24(10-8-15-30(38)34(20-21-37)23-25-11-4-2-5-12-25)33(41)28-22-27(35-19-9-16-31(35)39)17-18-29(28)36(32(33)40)26-13-6-3-7-14-26/h2-8,10-14,17-18,22,24,37,41H,9,15-16,19-21,23H2,1H3/b10-8+/t24-,33+/m1/s1. The molecule has 2 N–H and O–H groups in total. The molecule has 2 aliphatic heterocycles. The van der Waals surface area contributed by atoms with Gasteiger partial charge in [-0.25, -0.2) is 0 Å². The summed E-state index contributed by atoms with van der Waals surface area (Å²) in [7, 11) is 0. The molecule has 1 fully saturated rings. The molecular weight excluding hydrogens is 518 g/mol. The predicted octanol–water partition coefficient (Wildman–Crippen LogP) is 4.28. The summed E-state index contributed by atoms with van der Waals surface area (Å²) in [4.78, 5) is 44.3. The molecular formula is C33H35N3O5. The second-order valence-electron chi connectivity index (χ2n) is 10.5. The lowest BCUT2D eigenvalue weighted by atomic mass is 9.82. The van der Waals surface area contributed by atoms with Crippen LogP contribution in [-0.2, 0) is 26.5 Å². The fourth-order valence-corrected chi connectivity index (χ4v) is 5.64. The molecule has 0 spiro atoms. The van der Waals surface area contributed by atoms with Crippen LogP contribution in [0.15, 0.2) is 91.0 Å². The van der Waals surface area contributed by atoms with Crippen LogP contribution in [0.4, 0.5) is 17.1 Å². The molecule has 1 saturated heterocycles. The molecule has 8 heteroatoms. The summed E-state index contributed by atoms with van der Waals surface area (Å²) in [5, 5.41) is 21.6. The molecule has 0 aromatic heterocycles. The van der Waals surface area contributed by atoms with Gasteiger partial charge in [-0.05, 0) is 42.3 Å². The molecule has 3 amide bonds. The van der Waals surface area contributed by atoms with Crippen molar-refractivity contribution in [1.82, 2.24) is 4.90 Å². The fourth-order valence-electron chi connectivity index (χ4n) is 5.64. The zero-order valence-corrected chi connectivity index (χ0v) is 23.1. The van der Waals surface area contributed by atoms with Crippen LogP contribution in [0, 0.1) is 5.92 Å². The second kappa shape index (κ2) is 12.1. The molecule has 0 unspecified atom stereocenters. The Morgan fingerprint density at radius 1 is 1.02 bits per heavy atom. The molecule has 0 saturated carbocycles. The molecule has 5 rings (SSSR count). The number of benzene rings is 3. The minimum Gasteiger partial charge on any atom is -0.395 e. The number of carbonyl (C=O) groups is 3. The molecule has 2 atom stereocenters. The molecule has 0 aliphatic carbocycles. The number of fused-ring (bicyclic) bond motifs is 1. The van der Waals surface area contributed by atoms with Crippen molar-refractivity contribution >= 4 is 34.8 Å². The average Bonchev–Trinajstić information content (AvgIpc) is 3.52. The highest BCUT2D eigenvalue weighted by atomic mass is 16.3. The first kappa shape index (κ1) is 28.3. The van der Waals surface area contributed by atoms with E-state index in [0.717, 1.165) is 12.0 Å². The first-order valence-corrected chi connectivity index (χ1v) is 14.0. The molecule has 0 radical (unpaired) electrons. The largest absolute Gasteiger partial charge is 0.395 e. The van der Waals surface area contributed by atoms with Crippen molar-refractivity contribution in [3.8, 4) is 0 Å². The van der Waals surface area contributed by atoms with Gasteiger partial charge in [0.2, 0.25) is 11.8 Å². The Morgan fingerprint density at radius 3 is 2.39 bits per heavy atom. The third kappa shape index (κ3) is 5.53. The van der Waals surface area contributed by atoms with Crippen LogP contribution >= 0.6 is 0 Å². The van der Waals surface area contributed by atoms with Crippen molar-refractivity contribution in [2.24, 2.45) is 5.92 Å². The SMILES string of the molecule is C[C@H](/C=C/CC(=O)N(CCO)Cc1ccccc1)[C@@]1(O)C(=O)N(c2ccccc2)c2ccc(N3CCCC3=O)cc21. The quantitative estimate of drug-likeness (QED) is 0.365. The van der Waals surface area contributed by atoms with E-state index in [2.05, 4.69) is 0 Å². The van der Waals surface area contributed by atoms with Gasteiger partial charge in [0.1, 0.15) is 0 Å². The van der Waals surface area contributed by atoms with Crippen LogP contribution in [0.25, 0.3) is 0 Å². The minimum absolute atomic E-state index is 0.0205. The summed E-state index contributed by atoms with van der Waals surface area (Å²) in [6, 6.07) is 24.1. The Kier molecular flexibility index (Phi) is 8.33. The summed E-state index contributed by atoms with van der Waals surface area (Å²) in [6.45, 7) is 2.78. The third-order valence-electron chi connectivity index (χ3n) is 7.88. The van der Waals surface area contributed by atoms with Crippen LogP contribution in [0.1, 0.15) is 37.3 Å². The van der Waals surface area contributed by atoms with Gasteiger partial charge in [-0.2, -0.15) is 0 Å². The zero-order valence-electron chi connectivity index (χ0n) is 23.1. The van der Waals surface area contributed by atoms with Crippen molar-refractivity contribution in [3.05, 3.63) is 102 Å². The van der Waals surface area contributed by atoms with E-state index in [4.69, 9.17) is 0 Å². The van der Waals surface area contributed by atoms with Crippen molar-refractivity contribution in [2.75, 3.05) is 29.5 Å². The van der Waals surface area contributed by atoms with E-state index in [1.807, 2.05) is 66.7 Å². The summed E-state index contributed by atoms with van der Waals surface area (Å²) >= 11 is 0. The Morgan fingerprint density at radius 2 is 1.73 bits per heavy atom. The number of hydrogen-bond acceptors (Lipinski definition) is 5. The van der Waals surface area contributed by atoms with E-state index in [9.17, 15) is 24.6 Å². The van der Waals surface area contributed by atoms with Crippen molar-refractivity contribution in [2.45, 2.75) is 38.3 Å². The minimum atomic E-state index is -1.90. The van der Waals surface area contributed by atoms with E-state index in [1.54, 1.807) is 41.0 Å². The van der Waals surface area contributed by atoms with Gasteiger partial charge in [-0.3, -0.25) is 19.3 Å². The lowest BCUT2D eigenvalue weighted by Crippen LogP contribution is -2.42. The highest BCUT2D eigenvalue weighted by molar-refractivity contribution is 6.12. The number of nitrogens with zero attached hydrogens (tertiary/aromatic N) is 3. The first-order valence-electron chi connectivity index (χ1n) is 14.0. The number of amides is 3. The first-order chi connectivity index (χ1) is 19.8. The summed E-state index contributed by atoms with van der Waals surface area (Å²) in [5.41, 5.74) is 1.33. The smallest absolute Gasteiger partial charge is 0.268 e. The lowest BCUT2D eigenvalue weighted by molar-refractivity contribution is -0.138. The highest BCUT2D eigenvalue weighted by Crippen LogP contribution is 2.49. The van der Waals surface area contributed by atoms with Crippen LogP contribution in [0.5, 0.6) is 0 Å². The molecule has 0 bridgehead atoms. The molecule has 41 heavy (non-hydrogen) atoms. The maximum Gasteiger partial charge on any atom is 0.268 e. The van der Waals surface area contributed by atoms with E-state index in [-0.39, 0.29) is 31.4 Å². The van der Waals surface area contributed by atoms with Gasteiger partial charge < -0.3 is 20.0 Å². The molecule has 2 heterocycles. The lowest BCUT2D eigenvalue weighted by Gasteiger charge is -2.28. The monoisotopic (exact) mass is 553 g/mol. The Bertz CT molecular complexity index is 1440. The van der Waals surface area contributed by atoms with Crippen LogP contribution in [0.2, 0.25) is 0 Å². The predicted molar refractivity (Wildman–Crippen MR) is 157 cm³/mol. The Hall–Kier alpha value is -4.27. The fraction of sp³-hybridized carbons (Fsp3) is 0.303. The Balaban J connectivity index is 1.41. The summed E-state index contributed by atoms with van der Waals surface area (Å²) in [5.74, 6) is -1.32. The molecule has 3 aromatic carbocycles. The van der Waals surface area contributed by atoms with Crippen LogP contribution in [-0.4, -0.2) is 52.5 Å². The highest BCUT2D eigenvalue weighted by Gasteiger charge is 2.53. The van der Waals surface area contributed by atoms with Crippen LogP contribution < -0.4 is 9.80 Å². The van der Waals surface area contributed by atoms with Crippen molar-refractivity contribution in [3.63, 3.8) is 0 Å². The summed E-state index contributed by atoms with van der Waals surface area (Å²) in [6.07, 6.45) is 4.66. The van der Waals surface area contributed by atoms with Gasteiger partial charge in [-0.1, -0.05) is 67.6 Å². The molecule has 212 valence electrons. The zero-order chi connectivity index (χ0) is 29.0. The molecule has 8 nitrogen and oxygen atoms in total. The summed E-state index contributed by atoms with van der Waals surface area (Å²) < 4.78 is 0. The number of carbonyl (C=O) groups excluding carboxylic acids is 3.